The van der Waals surface area contributed by atoms with Crippen molar-refractivity contribution in [2.45, 2.75) is 6.04 Å². The van der Waals surface area contributed by atoms with Gasteiger partial charge >= 0.3 is 0 Å². The van der Waals surface area contributed by atoms with Gasteiger partial charge in [-0.25, -0.2) is 14.1 Å². The maximum atomic E-state index is 12.8. The van der Waals surface area contributed by atoms with Crippen molar-refractivity contribution in [3.8, 4) is 23.1 Å². The van der Waals surface area contributed by atoms with Crippen LogP contribution in [0.3, 0.4) is 0 Å². The summed E-state index contributed by atoms with van der Waals surface area (Å²) in [4.78, 5) is 8.10. The van der Waals surface area contributed by atoms with Gasteiger partial charge in [-0.3, -0.25) is 0 Å². The second-order valence-electron chi connectivity index (χ2n) is 4.68. The number of rotatable bonds is 3. The Balaban J connectivity index is 1.61. The van der Waals surface area contributed by atoms with E-state index in [2.05, 4.69) is 30.8 Å². The van der Waals surface area contributed by atoms with Gasteiger partial charge in [0, 0.05) is 13.1 Å². The normalized spacial score (nSPS) is 15.1. The van der Waals surface area contributed by atoms with Gasteiger partial charge in [0.1, 0.15) is 11.5 Å². The minimum absolute atomic E-state index is 0.259. The van der Waals surface area contributed by atoms with E-state index in [0.717, 1.165) is 19.3 Å². The molecule has 0 atom stereocenters. The summed E-state index contributed by atoms with van der Waals surface area (Å²) >= 11 is 0. The maximum absolute atomic E-state index is 12.8. The van der Waals surface area contributed by atoms with E-state index in [4.69, 9.17) is 4.52 Å². The fourth-order valence-corrected chi connectivity index (χ4v) is 1.95. The minimum Gasteiger partial charge on any atom is -0.332 e. The summed E-state index contributed by atoms with van der Waals surface area (Å²) in [7, 11) is 0. The van der Waals surface area contributed by atoms with Crippen LogP contribution in [0.25, 0.3) is 23.1 Å². The monoisotopic (exact) mass is 287 g/mol. The zero-order chi connectivity index (χ0) is 14.2. The second kappa shape index (κ2) is 4.70. The molecule has 1 saturated heterocycles. The van der Waals surface area contributed by atoms with Crippen LogP contribution in [0.5, 0.6) is 0 Å². The molecule has 1 fully saturated rings. The molecule has 0 unspecified atom stereocenters. The van der Waals surface area contributed by atoms with Gasteiger partial charge in [0.15, 0.2) is 5.69 Å². The first-order chi connectivity index (χ1) is 10.3. The maximum Gasteiger partial charge on any atom is 0.280 e. The van der Waals surface area contributed by atoms with Crippen molar-refractivity contribution < 1.29 is 8.91 Å². The van der Waals surface area contributed by atoms with Crippen LogP contribution in [0.2, 0.25) is 0 Å². The lowest BCUT2D eigenvalue weighted by molar-refractivity contribution is 0.313. The van der Waals surface area contributed by atoms with Crippen molar-refractivity contribution in [1.29, 1.82) is 0 Å². The Kier molecular flexibility index (Phi) is 2.71. The molecule has 106 valence electrons. The fourth-order valence-electron chi connectivity index (χ4n) is 1.95. The number of hydrogen-bond acceptors (Lipinski definition) is 7. The highest BCUT2D eigenvalue weighted by Gasteiger charge is 2.22. The van der Waals surface area contributed by atoms with E-state index in [1.54, 1.807) is 10.9 Å². The molecule has 0 aromatic carbocycles. The third-order valence-corrected chi connectivity index (χ3v) is 3.25. The summed E-state index contributed by atoms with van der Waals surface area (Å²) in [5.41, 5.74) is 0.935. The van der Waals surface area contributed by atoms with E-state index in [9.17, 15) is 4.39 Å². The van der Waals surface area contributed by atoms with Crippen LogP contribution in [-0.4, -0.2) is 43.2 Å². The average Bonchev–Trinajstić information content (AvgIpc) is 3.06. The van der Waals surface area contributed by atoms with Gasteiger partial charge in [0.2, 0.25) is 5.82 Å². The molecule has 0 aliphatic carbocycles. The molecule has 0 saturated carbocycles. The Labute approximate surface area is 118 Å². The van der Waals surface area contributed by atoms with Crippen LogP contribution < -0.4 is 5.32 Å². The molecule has 0 radical (unpaired) electrons. The molecule has 21 heavy (non-hydrogen) atoms. The summed E-state index contributed by atoms with van der Waals surface area (Å²) in [6, 6.07) is 3.09. The molecular weight excluding hydrogens is 277 g/mol. The highest BCUT2D eigenvalue weighted by molar-refractivity contribution is 5.53. The molecule has 3 aromatic rings. The minimum atomic E-state index is -0.417. The number of hydrogen-bond donors (Lipinski definition) is 1. The Morgan fingerprint density at radius 1 is 1.29 bits per heavy atom. The van der Waals surface area contributed by atoms with E-state index >= 15 is 0 Å². The number of nitrogens with zero attached hydrogens (tertiary/aromatic N) is 6. The molecule has 1 N–H and O–H groups in total. The van der Waals surface area contributed by atoms with Crippen LogP contribution >= 0.6 is 0 Å². The molecule has 1 aliphatic heterocycles. The molecule has 0 amide bonds. The summed E-state index contributed by atoms with van der Waals surface area (Å²) < 4.78 is 19.8. The number of nitrogens with one attached hydrogen (secondary N) is 1. The molecule has 0 spiro atoms. The van der Waals surface area contributed by atoms with Crippen LogP contribution in [0.4, 0.5) is 4.39 Å². The molecule has 1 aliphatic rings. The SMILES string of the molecule is Fc1ccc(-c2noc(-c3cn(C4CNC4)nn3)n2)nc1. The molecule has 8 nitrogen and oxygen atoms in total. The first-order valence-electron chi connectivity index (χ1n) is 6.38. The van der Waals surface area contributed by atoms with E-state index < -0.39 is 5.82 Å². The van der Waals surface area contributed by atoms with Crippen LogP contribution in [0.1, 0.15) is 6.04 Å². The highest BCUT2D eigenvalue weighted by Crippen LogP contribution is 2.20. The van der Waals surface area contributed by atoms with E-state index in [1.165, 1.54) is 12.1 Å². The Morgan fingerprint density at radius 2 is 2.19 bits per heavy atom. The van der Waals surface area contributed by atoms with Crippen molar-refractivity contribution in [1.82, 2.24) is 35.4 Å². The van der Waals surface area contributed by atoms with Gasteiger partial charge in [-0.2, -0.15) is 4.98 Å². The fraction of sp³-hybridized carbons (Fsp3) is 0.250. The molecule has 9 heteroatoms. The van der Waals surface area contributed by atoms with Gasteiger partial charge in [0.25, 0.3) is 5.89 Å². The lowest BCUT2D eigenvalue weighted by Gasteiger charge is -2.26. The van der Waals surface area contributed by atoms with Crippen molar-refractivity contribution >= 4 is 0 Å². The standard InChI is InChI=1S/C12H10FN7O/c13-7-1-2-9(15-3-7)11-16-12(21-18-11)10-6-20(19-17-10)8-4-14-5-8/h1-3,6,8,14H,4-5H2. The van der Waals surface area contributed by atoms with Gasteiger partial charge in [-0.05, 0) is 12.1 Å². The zero-order valence-electron chi connectivity index (χ0n) is 10.8. The third kappa shape index (κ3) is 2.17. The third-order valence-electron chi connectivity index (χ3n) is 3.25. The Hall–Kier alpha value is -2.68. The first-order valence-corrected chi connectivity index (χ1v) is 6.38. The van der Waals surface area contributed by atoms with Crippen molar-refractivity contribution in [3.63, 3.8) is 0 Å². The van der Waals surface area contributed by atoms with Crippen molar-refractivity contribution in [3.05, 3.63) is 30.3 Å². The van der Waals surface area contributed by atoms with Gasteiger partial charge < -0.3 is 9.84 Å². The molecule has 0 bridgehead atoms. The van der Waals surface area contributed by atoms with Gasteiger partial charge in [-0.1, -0.05) is 10.4 Å². The zero-order valence-corrected chi connectivity index (χ0v) is 10.8. The summed E-state index contributed by atoms with van der Waals surface area (Å²) in [6.07, 6.45) is 2.87. The van der Waals surface area contributed by atoms with E-state index in [1.807, 2.05) is 0 Å². The second-order valence-corrected chi connectivity index (χ2v) is 4.68. The smallest absolute Gasteiger partial charge is 0.280 e. The van der Waals surface area contributed by atoms with E-state index in [0.29, 0.717) is 17.4 Å². The van der Waals surface area contributed by atoms with Gasteiger partial charge in [-0.15, -0.1) is 5.10 Å². The largest absolute Gasteiger partial charge is 0.332 e. The summed E-state index contributed by atoms with van der Waals surface area (Å²) in [6.45, 7) is 1.74. The molecular formula is C12H10FN7O. The molecule has 4 heterocycles. The lowest BCUT2D eigenvalue weighted by Crippen LogP contribution is -2.43. The van der Waals surface area contributed by atoms with Gasteiger partial charge in [0.05, 0.1) is 18.4 Å². The quantitative estimate of drug-likeness (QED) is 0.756. The summed E-state index contributed by atoms with van der Waals surface area (Å²) in [5.74, 6) is 0.124. The molecule has 4 rings (SSSR count). The molecule has 3 aromatic heterocycles. The van der Waals surface area contributed by atoms with Crippen molar-refractivity contribution in [2.24, 2.45) is 0 Å². The first kappa shape index (κ1) is 12.1. The number of aromatic nitrogens is 6. The number of pyridine rings is 1. The highest BCUT2D eigenvalue weighted by atomic mass is 19.1. The predicted molar refractivity (Wildman–Crippen MR) is 68.4 cm³/mol. The van der Waals surface area contributed by atoms with Crippen LogP contribution in [0, 0.1) is 5.82 Å². The average molecular weight is 287 g/mol. The predicted octanol–water partition coefficient (Wildman–Crippen LogP) is 0.673. The topological polar surface area (TPSA) is 94.6 Å². The summed E-state index contributed by atoms with van der Waals surface area (Å²) in [5, 5.41) is 15.0. The van der Waals surface area contributed by atoms with Crippen LogP contribution in [-0.2, 0) is 0 Å². The number of halogens is 1. The van der Waals surface area contributed by atoms with E-state index in [-0.39, 0.29) is 11.7 Å². The Bertz CT molecular complexity index is 762. The Morgan fingerprint density at radius 3 is 2.90 bits per heavy atom. The lowest BCUT2D eigenvalue weighted by atomic mass is 10.2. The van der Waals surface area contributed by atoms with Crippen molar-refractivity contribution in [2.75, 3.05) is 13.1 Å². The van der Waals surface area contributed by atoms with Crippen LogP contribution in [0.15, 0.2) is 29.0 Å².